The van der Waals surface area contributed by atoms with E-state index in [1.54, 1.807) is 43.0 Å². The summed E-state index contributed by atoms with van der Waals surface area (Å²) in [6.45, 7) is 4.87. The van der Waals surface area contributed by atoms with Gasteiger partial charge in [0.05, 0.1) is 18.6 Å². The Balaban J connectivity index is 1.71. The molecule has 0 aliphatic carbocycles. The zero-order valence-electron chi connectivity index (χ0n) is 19.0. The molecule has 0 spiro atoms. The van der Waals surface area contributed by atoms with Crippen LogP contribution in [0.4, 0.5) is 10.5 Å². The van der Waals surface area contributed by atoms with Gasteiger partial charge in [0.1, 0.15) is 17.5 Å². The Morgan fingerprint density at radius 2 is 1.48 bits per heavy atom. The van der Waals surface area contributed by atoms with Gasteiger partial charge >= 0.3 is 6.09 Å². The molecule has 1 aliphatic rings. The number of carbonyl (C=O) groups excluding carboxylic acids is 2. The Labute approximate surface area is 194 Å². The maximum Gasteiger partial charge on any atom is 0.409 e. The molecule has 0 saturated carbocycles. The molecule has 10 heteroatoms. The lowest BCUT2D eigenvalue weighted by molar-refractivity contribution is -0.133. The van der Waals surface area contributed by atoms with E-state index >= 15 is 0 Å². The van der Waals surface area contributed by atoms with E-state index < -0.39 is 22.2 Å². The molecule has 0 radical (unpaired) electrons. The molecule has 1 atom stereocenters. The largest absolute Gasteiger partial charge is 0.457 e. The van der Waals surface area contributed by atoms with Crippen LogP contribution in [0.25, 0.3) is 0 Å². The molecule has 2 aromatic rings. The first kappa shape index (κ1) is 24.4. The summed E-state index contributed by atoms with van der Waals surface area (Å²) in [4.78, 5) is 28.1. The molecule has 0 N–H and O–H groups in total. The first-order chi connectivity index (χ1) is 15.7. The van der Waals surface area contributed by atoms with Gasteiger partial charge in [0.2, 0.25) is 15.9 Å². The third-order valence-electron chi connectivity index (χ3n) is 5.25. The van der Waals surface area contributed by atoms with Crippen LogP contribution < -0.4 is 9.04 Å². The first-order valence-corrected chi connectivity index (χ1v) is 12.6. The van der Waals surface area contributed by atoms with E-state index in [1.807, 2.05) is 30.3 Å². The lowest BCUT2D eigenvalue weighted by atomic mass is 10.2. The monoisotopic (exact) mass is 475 g/mol. The number of nitrogens with zero attached hydrogens (tertiary/aromatic N) is 3. The summed E-state index contributed by atoms with van der Waals surface area (Å²) in [5, 5.41) is 0. The number of amides is 2. The SMILES string of the molecule is CCOC(=O)N1CCN(C(=O)[C@@H](C)N(c2ccc(Oc3ccccc3)cc2)S(C)(=O)=O)CC1. The average Bonchev–Trinajstić information content (AvgIpc) is 2.80. The fourth-order valence-corrected chi connectivity index (χ4v) is 4.85. The Morgan fingerprint density at radius 1 is 0.939 bits per heavy atom. The van der Waals surface area contributed by atoms with Crippen molar-refractivity contribution in [1.29, 1.82) is 0 Å². The average molecular weight is 476 g/mol. The second kappa shape index (κ2) is 10.6. The lowest BCUT2D eigenvalue weighted by Gasteiger charge is -2.37. The number of piperazine rings is 1. The predicted molar refractivity (Wildman–Crippen MR) is 125 cm³/mol. The summed E-state index contributed by atoms with van der Waals surface area (Å²) in [7, 11) is -3.74. The van der Waals surface area contributed by atoms with Gasteiger partial charge in [-0.1, -0.05) is 18.2 Å². The smallest absolute Gasteiger partial charge is 0.409 e. The van der Waals surface area contributed by atoms with Gasteiger partial charge in [-0.2, -0.15) is 0 Å². The normalized spacial score (nSPS) is 15.0. The van der Waals surface area contributed by atoms with Crippen LogP contribution in [0.5, 0.6) is 11.5 Å². The van der Waals surface area contributed by atoms with E-state index in [1.165, 1.54) is 4.90 Å². The van der Waals surface area contributed by atoms with Gasteiger partial charge in [0.25, 0.3) is 0 Å². The van der Waals surface area contributed by atoms with E-state index in [9.17, 15) is 18.0 Å². The van der Waals surface area contributed by atoms with Crippen molar-refractivity contribution in [2.75, 3.05) is 43.3 Å². The van der Waals surface area contributed by atoms with Gasteiger partial charge in [-0.25, -0.2) is 13.2 Å². The van der Waals surface area contributed by atoms with Crippen molar-refractivity contribution in [2.45, 2.75) is 19.9 Å². The zero-order valence-corrected chi connectivity index (χ0v) is 19.8. The number of sulfonamides is 1. The lowest BCUT2D eigenvalue weighted by Crippen LogP contribution is -2.56. The third kappa shape index (κ3) is 6.16. The fourth-order valence-electron chi connectivity index (χ4n) is 3.68. The van der Waals surface area contributed by atoms with Crippen LogP contribution in [0.3, 0.4) is 0 Å². The molecule has 1 aliphatic heterocycles. The Kier molecular flexibility index (Phi) is 7.80. The predicted octanol–water partition coefficient (Wildman–Crippen LogP) is 2.93. The van der Waals surface area contributed by atoms with E-state index in [4.69, 9.17) is 9.47 Å². The van der Waals surface area contributed by atoms with Crippen molar-refractivity contribution in [3.05, 3.63) is 54.6 Å². The molecule has 0 unspecified atom stereocenters. The van der Waals surface area contributed by atoms with Crippen molar-refractivity contribution in [2.24, 2.45) is 0 Å². The summed E-state index contributed by atoms with van der Waals surface area (Å²) >= 11 is 0. The number of carbonyl (C=O) groups is 2. The number of anilines is 1. The van der Waals surface area contributed by atoms with E-state index in [-0.39, 0.29) is 12.5 Å². The number of para-hydroxylation sites is 1. The van der Waals surface area contributed by atoms with Crippen molar-refractivity contribution >= 4 is 27.7 Å². The van der Waals surface area contributed by atoms with Gasteiger partial charge < -0.3 is 19.3 Å². The zero-order chi connectivity index (χ0) is 24.0. The third-order valence-corrected chi connectivity index (χ3v) is 6.50. The fraction of sp³-hybridized carbons (Fsp3) is 0.391. The highest BCUT2D eigenvalue weighted by Gasteiger charge is 2.34. The second-order valence-electron chi connectivity index (χ2n) is 7.66. The van der Waals surface area contributed by atoms with Crippen LogP contribution in [0.1, 0.15) is 13.8 Å². The quantitative estimate of drug-likeness (QED) is 0.611. The number of rotatable bonds is 7. The number of benzene rings is 2. The van der Waals surface area contributed by atoms with E-state index in [2.05, 4.69) is 0 Å². The molecule has 2 aromatic carbocycles. The van der Waals surface area contributed by atoms with Gasteiger partial charge in [-0.05, 0) is 50.2 Å². The highest BCUT2D eigenvalue weighted by molar-refractivity contribution is 7.92. The van der Waals surface area contributed by atoms with Crippen LogP contribution in [0.15, 0.2) is 54.6 Å². The maximum atomic E-state index is 13.1. The van der Waals surface area contributed by atoms with Gasteiger partial charge in [-0.3, -0.25) is 9.10 Å². The molecule has 1 fully saturated rings. The summed E-state index contributed by atoms with van der Waals surface area (Å²) in [6.07, 6.45) is 0.664. The molecule has 1 saturated heterocycles. The van der Waals surface area contributed by atoms with Crippen LogP contribution in [0, 0.1) is 0 Å². The first-order valence-electron chi connectivity index (χ1n) is 10.7. The van der Waals surface area contributed by atoms with Crippen molar-refractivity contribution in [1.82, 2.24) is 9.80 Å². The molecule has 3 rings (SSSR count). The van der Waals surface area contributed by atoms with Crippen molar-refractivity contribution in [3.8, 4) is 11.5 Å². The molecule has 2 amide bonds. The van der Waals surface area contributed by atoms with E-state index in [0.717, 1.165) is 10.6 Å². The summed E-state index contributed by atoms with van der Waals surface area (Å²) in [5.41, 5.74) is 0.365. The van der Waals surface area contributed by atoms with Crippen molar-refractivity contribution < 1.29 is 27.5 Å². The molecule has 1 heterocycles. The molecule has 0 aromatic heterocycles. The van der Waals surface area contributed by atoms with Crippen LogP contribution in [-0.4, -0.2) is 75.3 Å². The molecule has 33 heavy (non-hydrogen) atoms. The minimum Gasteiger partial charge on any atom is -0.457 e. The molecular weight excluding hydrogens is 446 g/mol. The van der Waals surface area contributed by atoms with Crippen LogP contribution in [-0.2, 0) is 19.6 Å². The minimum atomic E-state index is -3.74. The number of ether oxygens (including phenoxy) is 2. The second-order valence-corrected chi connectivity index (χ2v) is 9.51. The molecule has 178 valence electrons. The molecular formula is C23H29N3O6S. The van der Waals surface area contributed by atoms with Crippen LogP contribution >= 0.6 is 0 Å². The maximum absolute atomic E-state index is 13.1. The molecule has 9 nitrogen and oxygen atoms in total. The van der Waals surface area contributed by atoms with E-state index in [0.29, 0.717) is 43.4 Å². The highest BCUT2D eigenvalue weighted by Crippen LogP contribution is 2.27. The van der Waals surface area contributed by atoms with Crippen molar-refractivity contribution in [3.63, 3.8) is 0 Å². The minimum absolute atomic E-state index is 0.285. The molecule has 0 bridgehead atoms. The Bertz CT molecular complexity index is 1050. The van der Waals surface area contributed by atoms with Gasteiger partial charge in [0.15, 0.2) is 0 Å². The number of hydrogen-bond acceptors (Lipinski definition) is 6. The van der Waals surface area contributed by atoms with Crippen LogP contribution in [0.2, 0.25) is 0 Å². The number of hydrogen-bond donors (Lipinski definition) is 0. The summed E-state index contributed by atoms with van der Waals surface area (Å²) in [5.74, 6) is 0.886. The van der Waals surface area contributed by atoms with Gasteiger partial charge in [-0.15, -0.1) is 0 Å². The van der Waals surface area contributed by atoms with Gasteiger partial charge in [0, 0.05) is 26.2 Å². The Hall–Kier alpha value is -3.27. The topological polar surface area (TPSA) is 96.5 Å². The standard InChI is InChI=1S/C23H29N3O6S/c1-4-31-23(28)25-16-14-24(15-17-25)22(27)18(2)26(33(3,29)30)19-10-12-21(13-11-19)32-20-8-6-5-7-9-20/h5-13,18H,4,14-17H2,1-3H3/t18-/m1/s1. The summed E-state index contributed by atoms with van der Waals surface area (Å²) < 4.78 is 37.1. The Morgan fingerprint density at radius 3 is 2.03 bits per heavy atom. The summed E-state index contributed by atoms with van der Waals surface area (Å²) in [6, 6.07) is 14.8. The highest BCUT2D eigenvalue weighted by atomic mass is 32.2.